The van der Waals surface area contributed by atoms with Crippen LogP contribution in [0.4, 0.5) is 14.5 Å². The summed E-state index contributed by atoms with van der Waals surface area (Å²) in [6.45, 7) is 1.06. The molecule has 0 aromatic heterocycles. The van der Waals surface area contributed by atoms with Crippen molar-refractivity contribution in [2.45, 2.75) is 31.3 Å². The van der Waals surface area contributed by atoms with E-state index in [1.807, 2.05) is 4.90 Å². The van der Waals surface area contributed by atoms with Gasteiger partial charge in [-0.25, -0.2) is 13.7 Å². The number of nitrogens with one attached hydrogen (secondary N) is 1. The van der Waals surface area contributed by atoms with Crippen LogP contribution < -0.4 is 10.2 Å². The first-order valence-corrected chi connectivity index (χ1v) is 9.86. The number of para-hydroxylation sites is 1. The third-order valence-corrected chi connectivity index (χ3v) is 5.63. The molecule has 156 valence electrons. The molecule has 30 heavy (non-hydrogen) atoms. The molecule has 1 atom stereocenters. The lowest BCUT2D eigenvalue weighted by atomic mass is 10.0. The fourth-order valence-corrected chi connectivity index (χ4v) is 4.01. The van der Waals surface area contributed by atoms with Gasteiger partial charge in [0.1, 0.15) is 11.6 Å². The summed E-state index contributed by atoms with van der Waals surface area (Å²) in [6, 6.07) is 10.4. The second kappa shape index (κ2) is 8.31. The summed E-state index contributed by atoms with van der Waals surface area (Å²) in [5, 5.41) is 2.93. The first-order chi connectivity index (χ1) is 14.4. The summed E-state index contributed by atoms with van der Waals surface area (Å²) < 4.78 is 27.1. The van der Waals surface area contributed by atoms with Gasteiger partial charge in [-0.3, -0.25) is 19.3 Å². The maximum absolute atomic E-state index is 14.1. The molecule has 2 aromatic rings. The third kappa shape index (κ3) is 3.95. The molecule has 0 bridgehead atoms. The summed E-state index contributed by atoms with van der Waals surface area (Å²) in [5.74, 6) is -2.12. The van der Waals surface area contributed by atoms with E-state index in [4.69, 9.17) is 0 Å². The predicted molar refractivity (Wildman–Crippen MR) is 106 cm³/mol. The summed E-state index contributed by atoms with van der Waals surface area (Å²) >= 11 is 0. The fourth-order valence-electron chi connectivity index (χ4n) is 4.01. The predicted octanol–water partition coefficient (Wildman–Crippen LogP) is 2.49. The number of benzene rings is 2. The zero-order valence-corrected chi connectivity index (χ0v) is 16.2. The van der Waals surface area contributed by atoms with Gasteiger partial charge in [0.2, 0.25) is 5.91 Å². The van der Waals surface area contributed by atoms with E-state index in [0.29, 0.717) is 31.5 Å². The van der Waals surface area contributed by atoms with Crippen molar-refractivity contribution in [3.63, 3.8) is 0 Å². The highest BCUT2D eigenvalue weighted by atomic mass is 19.1. The van der Waals surface area contributed by atoms with Crippen molar-refractivity contribution in [1.82, 2.24) is 10.2 Å². The lowest BCUT2D eigenvalue weighted by Crippen LogP contribution is -2.50. The Bertz CT molecular complexity index is 972. The molecule has 0 radical (unpaired) electrons. The van der Waals surface area contributed by atoms with Gasteiger partial charge in [0.25, 0.3) is 11.8 Å². The van der Waals surface area contributed by atoms with Crippen molar-refractivity contribution < 1.29 is 23.2 Å². The number of nitrogens with zero attached hydrogens (tertiary/aromatic N) is 2. The molecule has 0 spiro atoms. The summed E-state index contributed by atoms with van der Waals surface area (Å²) in [4.78, 5) is 40.4. The fraction of sp³-hybridized carbons (Fsp3) is 0.318. The van der Waals surface area contributed by atoms with Crippen molar-refractivity contribution in [1.29, 1.82) is 0 Å². The lowest BCUT2D eigenvalue weighted by Gasteiger charge is -2.35. The van der Waals surface area contributed by atoms with Gasteiger partial charge in [-0.05, 0) is 49.2 Å². The number of piperidine rings is 1. The van der Waals surface area contributed by atoms with Crippen LogP contribution in [-0.2, 0) is 9.59 Å². The van der Waals surface area contributed by atoms with E-state index >= 15 is 0 Å². The molecule has 2 aliphatic heterocycles. The molecule has 4 rings (SSSR count). The van der Waals surface area contributed by atoms with Crippen LogP contribution >= 0.6 is 0 Å². The van der Waals surface area contributed by atoms with Crippen molar-refractivity contribution >= 4 is 23.4 Å². The Morgan fingerprint density at radius 2 is 1.63 bits per heavy atom. The number of carbonyl (C=O) groups excluding carboxylic acids is 3. The molecule has 2 heterocycles. The number of hydrogen-bond acceptors (Lipinski definition) is 4. The molecular formula is C22H21F2N3O3. The minimum Gasteiger partial charge on any atom is -0.349 e. The Morgan fingerprint density at radius 3 is 2.30 bits per heavy atom. The normalized spacial score (nSPS) is 20.6. The Kier molecular flexibility index (Phi) is 5.59. The van der Waals surface area contributed by atoms with Crippen molar-refractivity contribution in [3.05, 3.63) is 65.7 Å². The van der Waals surface area contributed by atoms with E-state index in [0.717, 1.165) is 4.90 Å². The monoisotopic (exact) mass is 413 g/mol. The van der Waals surface area contributed by atoms with E-state index < -0.39 is 29.5 Å². The number of rotatable bonds is 4. The van der Waals surface area contributed by atoms with Gasteiger partial charge in [0.15, 0.2) is 0 Å². The van der Waals surface area contributed by atoms with Gasteiger partial charge in [-0.1, -0.05) is 12.1 Å². The summed E-state index contributed by atoms with van der Waals surface area (Å²) in [6.07, 6.45) is 1.25. The Morgan fingerprint density at radius 1 is 0.967 bits per heavy atom. The molecule has 1 N–H and O–H groups in total. The number of amides is 3. The maximum atomic E-state index is 14.1. The molecular weight excluding hydrogens is 392 g/mol. The first-order valence-electron chi connectivity index (χ1n) is 9.86. The van der Waals surface area contributed by atoms with E-state index in [-0.39, 0.29) is 24.1 Å². The molecule has 2 aromatic carbocycles. The minimum absolute atomic E-state index is 0.0137. The van der Waals surface area contributed by atoms with Crippen LogP contribution in [0, 0.1) is 11.6 Å². The van der Waals surface area contributed by atoms with Crippen LogP contribution in [0.1, 0.15) is 29.6 Å². The van der Waals surface area contributed by atoms with E-state index in [9.17, 15) is 23.2 Å². The molecule has 0 unspecified atom stereocenters. The third-order valence-electron chi connectivity index (χ3n) is 5.63. The Balaban J connectivity index is 1.36. The zero-order valence-electron chi connectivity index (χ0n) is 16.2. The van der Waals surface area contributed by atoms with E-state index in [1.165, 1.54) is 42.5 Å². The van der Waals surface area contributed by atoms with Gasteiger partial charge < -0.3 is 5.32 Å². The molecule has 3 amide bonds. The molecule has 2 aliphatic rings. The quantitative estimate of drug-likeness (QED) is 0.782. The minimum atomic E-state index is -0.620. The topological polar surface area (TPSA) is 69.7 Å². The highest BCUT2D eigenvalue weighted by molar-refractivity contribution is 6.22. The Hall–Kier alpha value is -3.13. The SMILES string of the molecule is O=C(NC1CCN([C@H]2CC(=O)N(c3ccccc3F)C2=O)CC1)c1ccc(F)cc1. The van der Waals surface area contributed by atoms with E-state index in [2.05, 4.69) is 5.32 Å². The van der Waals surface area contributed by atoms with Gasteiger partial charge >= 0.3 is 0 Å². The molecule has 6 nitrogen and oxygen atoms in total. The number of anilines is 1. The lowest BCUT2D eigenvalue weighted by molar-refractivity contribution is -0.123. The van der Waals surface area contributed by atoms with Gasteiger partial charge in [0, 0.05) is 24.7 Å². The number of carbonyl (C=O) groups is 3. The van der Waals surface area contributed by atoms with Crippen LogP contribution in [0.3, 0.4) is 0 Å². The zero-order chi connectivity index (χ0) is 21.3. The maximum Gasteiger partial charge on any atom is 0.251 e. The van der Waals surface area contributed by atoms with Gasteiger partial charge in [-0.15, -0.1) is 0 Å². The standard InChI is InChI=1S/C22H21F2N3O3/c23-15-7-5-14(6-8-15)21(29)25-16-9-11-26(12-10-16)19-13-20(28)27(22(19)30)18-4-2-1-3-17(18)24/h1-8,16,19H,9-13H2,(H,25,29)/t19-/m0/s1. The van der Waals surface area contributed by atoms with Crippen molar-refractivity contribution in [2.24, 2.45) is 0 Å². The number of hydrogen-bond donors (Lipinski definition) is 1. The molecule has 0 saturated carbocycles. The first kappa shape index (κ1) is 20.2. The molecule has 2 fully saturated rings. The van der Waals surface area contributed by atoms with Crippen LogP contribution in [-0.4, -0.2) is 47.8 Å². The number of likely N-dealkylation sites (tertiary alicyclic amines) is 1. The van der Waals surface area contributed by atoms with E-state index in [1.54, 1.807) is 6.07 Å². The second-order valence-electron chi connectivity index (χ2n) is 7.53. The van der Waals surface area contributed by atoms with Gasteiger partial charge in [0.05, 0.1) is 18.2 Å². The van der Waals surface area contributed by atoms with Crippen LogP contribution in [0.5, 0.6) is 0 Å². The van der Waals surface area contributed by atoms with Crippen LogP contribution in [0.15, 0.2) is 48.5 Å². The Labute approximate surface area is 172 Å². The number of halogens is 2. The van der Waals surface area contributed by atoms with Crippen molar-refractivity contribution in [2.75, 3.05) is 18.0 Å². The summed E-state index contributed by atoms with van der Waals surface area (Å²) in [5.41, 5.74) is 0.368. The average molecular weight is 413 g/mol. The number of imide groups is 1. The van der Waals surface area contributed by atoms with Crippen LogP contribution in [0.2, 0.25) is 0 Å². The average Bonchev–Trinajstić information content (AvgIpc) is 3.03. The highest BCUT2D eigenvalue weighted by Crippen LogP contribution is 2.29. The highest BCUT2D eigenvalue weighted by Gasteiger charge is 2.44. The van der Waals surface area contributed by atoms with Crippen LogP contribution in [0.25, 0.3) is 0 Å². The van der Waals surface area contributed by atoms with Crippen molar-refractivity contribution in [3.8, 4) is 0 Å². The summed E-state index contributed by atoms with van der Waals surface area (Å²) in [7, 11) is 0. The smallest absolute Gasteiger partial charge is 0.251 e. The second-order valence-corrected chi connectivity index (χ2v) is 7.53. The van der Waals surface area contributed by atoms with Gasteiger partial charge in [-0.2, -0.15) is 0 Å². The molecule has 0 aliphatic carbocycles. The largest absolute Gasteiger partial charge is 0.349 e. The molecule has 2 saturated heterocycles. The molecule has 8 heteroatoms.